The molecule has 0 saturated carbocycles. The lowest BCUT2D eigenvalue weighted by Crippen LogP contribution is -2.38. The summed E-state index contributed by atoms with van der Waals surface area (Å²) in [6.07, 6.45) is 2.69. The Morgan fingerprint density at radius 2 is 2.00 bits per heavy atom. The van der Waals surface area contributed by atoms with Gasteiger partial charge in [0.1, 0.15) is 0 Å². The first-order valence-electron chi connectivity index (χ1n) is 7.60. The SMILES string of the molecule is O=C(Nc1c[nH]c2ccc(Cl)cc12)N1CCc2ccccc2C1. The van der Waals surface area contributed by atoms with Crippen molar-refractivity contribution >= 4 is 34.2 Å². The van der Waals surface area contributed by atoms with Crippen molar-refractivity contribution < 1.29 is 4.79 Å². The molecule has 1 aromatic heterocycles. The van der Waals surface area contributed by atoms with Crippen LogP contribution in [0.4, 0.5) is 10.5 Å². The molecule has 2 aromatic carbocycles. The lowest BCUT2D eigenvalue weighted by Gasteiger charge is -2.28. The number of anilines is 1. The molecular weight excluding hydrogens is 310 g/mol. The molecule has 0 aliphatic carbocycles. The van der Waals surface area contributed by atoms with Gasteiger partial charge < -0.3 is 15.2 Å². The molecule has 0 spiro atoms. The highest BCUT2D eigenvalue weighted by Gasteiger charge is 2.21. The van der Waals surface area contributed by atoms with Crippen LogP contribution in [-0.2, 0) is 13.0 Å². The van der Waals surface area contributed by atoms with Gasteiger partial charge in [0.05, 0.1) is 5.69 Å². The first-order chi connectivity index (χ1) is 11.2. The Morgan fingerprint density at radius 3 is 2.87 bits per heavy atom. The number of carbonyl (C=O) groups is 1. The van der Waals surface area contributed by atoms with Crippen molar-refractivity contribution in [3.63, 3.8) is 0 Å². The van der Waals surface area contributed by atoms with Crippen LogP contribution in [0.15, 0.2) is 48.7 Å². The summed E-state index contributed by atoms with van der Waals surface area (Å²) in [6, 6.07) is 13.8. The molecule has 0 radical (unpaired) electrons. The maximum absolute atomic E-state index is 12.6. The third-order valence-electron chi connectivity index (χ3n) is 4.30. The number of carbonyl (C=O) groups excluding carboxylic acids is 1. The Labute approximate surface area is 139 Å². The Bertz CT molecular complexity index is 887. The number of aromatic nitrogens is 1. The number of hydrogen-bond acceptors (Lipinski definition) is 1. The second-order valence-electron chi connectivity index (χ2n) is 5.76. The molecule has 2 heterocycles. The zero-order chi connectivity index (χ0) is 15.8. The van der Waals surface area contributed by atoms with E-state index in [1.165, 1.54) is 11.1 Å². The predicted octanol–water partition coefficient (Wildman–Crippen LogP) is 4.41. The molecule has 5 heteroatoms. The molecule has 4 rings (SSSR count). The third-order valence-corrected chi connectivity index (χ3v) is 4.54. The number of aromatic amines is 1. The van der Waals surface area contributed by atoms with Crippen molar-refractivity contribution in [2.75, 3.05) is 11.9 Å². The number of nitrogens with one attached hydrogen (secondary N) is 2. The van der Waals surface area contributed by atoms with Crippen LogP contribution >= 0.6 is 11.6 Å². The van der Waals surface area contributed by atoms with Gasteiger partial charge in [-0.3, -0.25) is 0 Å². The van der Waals surface area contributed by atoms with Crippen molar-refractivity contribution in [2.24, 2.45) is 0 Å². The summed E-state index contributed by atoms with van der Waals surface area (Å²) in [6.45, 7) is 1.37. The standard InChI is InChI=1S/C18H16ClN3O/c19-14-5-6-16-15(9-14)17(10-20-16)21-18(23)22-8-7-12-3-1-2-4-13(12)11-22/h1-6,9-10,20H,7-8,11H2,(H,21,23). The molecule has 2 amide bonds. The van der Waals surface area contributed by atoms with Gasteiger partial charge in [0.2, 0.25) is 0 Å². The van der Waals surface area contributed by atoms with Crippen LogP contribution in [0.25, 0.3) is 10.9 Å². The van der Waals surface area contributed by atoms with E-state index >= 15 is 0 Å². The fraction of sp³-hybridized carbons (Fsp3) is 0.167. The summed E-state index contributed by atoms with van der Waals surface area (Å²) in [5.74, 6) is 0. The second-order valence-corrected chi connectivity index (χ2v) is 6.20. The maximum Gasteiger partial charge on any atom is 0.322 e. The molecule has 1 aliphatic heterocycles. The molecule has 1 aliphatic rings. The summed E-state index contributed by atoms with van der Waals surface area (Å²) in [5, 5.41) is 4.56. The van der Waals surface area contributed by atoms with E-state index in [2.05, 4.69) is 22.4 Å². The number of H-pyrrole nitrogens is 1. The molecule has 0 fully saturated rings. The number of fused-ring (bicyclic) bond motifs is 2. The van der Waals surface area contributed by atoms with Crippen LogP contribution in [0.3, 0.4) is 0 Å². The number of hydrogen-bond donors (Lipinski definition) is 2. The molecular formula is C18H16ClN3O. The summed E-state index contributed by atoms with van der Waals surface area (Å²) >= 11 is 6.05. The van der Waals surface area contributed by atoms with Gasteiger partial charge >= 0.3 is 6.03 Å². The summed E-state index contributed by atoms with van der Waals surface area (Å²) < 4.78 is 0. The minimum absolute atomic E-state index is 0.0830. The van der Waals surface area contributed by atoms with Crippen molar-refractivity contribution in [2.45, 2.75) is 13.0 Å². The average Bonchev–Trinajstić information content (AvgIpc) is 2.96. The van der Waals surface area contributed by atoms with Gasteiger partial charge in [0.25, 0.3) is 0 Å². The Hall–Kier alpha value is -2.46. The van der Waals surface area contributed by atoms with Crippen molar-refractivity contribution in [3.05, 3.63) is 64.8 Å². The number of nitrogens with zero attached hydrogens (tertiary/aromatic N) is 1. The number of halogens is 1. The molecule has 3 aromatic rings. The molecule has 116 valence electrons. The summed E-state index contributed by atoms with van der Waals surface area (Å²) in [5.41, 5.74) is 4.26. The van der Waals surface area contributed by atoms with Crippen molar-refractivity contribution in [1.82, 2.24) is 9.88 Å². The zero-order valence-corrected chi connectivity index (χ0v) is 13.2. The topological polar surface area (TPSA) is 48.1 Å². The zero-order valence-electron chi connectivity index (χ0n) is 12.5. The van der Waals surface area contributed by atoms with E-state index in [0.29, 0.717) is 11.6 Å². The smallest absolute Gasteiger partial charge is 0.322 e. The van der Waals surface area contributed by atoms with E-state index < -0.39 is 0 Å². The minimum atomic E-state index is -0.0830. The van der Waals surface area contributed by atoms with Gasteiger partial charge in [0, 0.05) is 35.2 Å². The van der Waals surface area contributed by atoms with Gasteiger partial charge in [-0.25, -0.2) is 4.79 Å². The Balaban J connectivity index is 1.55. The van der Waals surface area contributed by atoms with Gasteiger partial charge in [-0.1, -0.05) is 35.9 Å². The number of amides is 2. The van der Waals surface area contributed by atoms with E-state index in [-0.39, 0.29) is 6.03 Å². The van der Waals surface area contributed by atoms with Gasteiger partial charge in [-0.2, -0.15) is 0 Å². The van der Waals surface area contributed by atoms with E-state index in [1.54, 1.807) is 6.20 Å². The minimum Gasteiger partial charge on any atom is -0.359 e. The third kappa shape index (κ3) is 2.66. The number of benzene rings is 2. The van der Waals surface area contributed by atoms with Crippen LogP contribution in [0.5, 0.6) is 0 Å². The van der Waals surface area contributed by atoms with Crippen molar-refractivity contribution in [1.29, 1.82) is 0 Å². The average molecular weight is 326 g/mol. The first kappa shape index (κ1) is 14.2. The predicted molar refractivity (Wildman–Crippen MR) is 92.9 cm³/mol. The highest BCUT2D eigenvalue weighted by molar-refractivity contribution is 6.31. The van der Waals surface area contributed by atoms with E-state index in [9.17, 15) is 4.79 Å². The number of rotatable bonds is 1. The molecule has 2 N–H and O–H groups in total. The van der Waals surface area contributed by atoms with E-state index in [0.717, 1.165) is 29.6 Å². The van der Waals surface area contributed by atoms with Crippen LogP contribution < -0.4 is 5.32 Å². The maximum atomic E-state index is 12.6. The fourth-order valence-corrected chi connectivity index (χ4v) is 3.23. The first-order valence-corrected chi connectivity index (χ1v) is 7.98. The molecule has 0 atom stereocenters. The largest absolute Gasteiger partial charge is 0.359 e. The van der Waals surface area contributed by atoms with Crippen molar-refractivity contribution in [3.8, 4) is 0 Å². The van der Waals surface area contributed by atoms with E-state index in [1.807, 2.05) is 35.2 Å². The normalized spacial score (nSPS) is 13.9. The molecule has 0 unspecified atom stereocenters. The summed E-state index contributed by atoms with van der Waals surface area (Å²) in [7, 11) is 0. The Kier molecular flexibility index (Phi) is 3.46. The van der Waals surface area contributed by atoms with Crippen LogP contribution in [0.1, 0.15) is 11.1 Å². The molecule has 0 bridgehead atoms. The second kappa shape index (κ2) is 5.63. The Morgan fingerprint density at radius 1 is 1.17 bits per heavy atom. The van der Waals surface area contributed by atoms with Crippen LogP contribution in [0.2, 0.25) is 5.02 Å². The number of urea groups is 1. The monoisotopic (exact) mass is 325 g/mol. The van der Waals surface area contributed by atoms with Crippen LogP contribution in [0, 0.1) is 0 Å². The van der Waals surface area contributed by atoms with Gasteiger partial charge in [0.15, 0.2) is 0 Å². The fourth-order valence-electron chi connectivity index (χ4n) is 3.06. The van der Waals surface area contributed by atoms with Gasteiger partial charge in [-0.15, -0.1) is 0 Å². The van der Waals surface area contributed by atoms with E-state index in [4.69, 9.17) is 11.6 Å². The molecule has 0 saturated heterocycles. The molecule has 23 heavy (non-hydrogen) atoms. The highest BCUT2D eigenvalue weighted by atomic mass is 35.5. The quantitative estimate of drug-likeness (QED) is 0.684. The lowest BCUT2D eigenvalue weighted by atomic mass is 10.0. The highest BCUT2D eigenvalue weighted by Crippen LogP contribution is 2.27. The van der Waals surface area contributed by atoms with Gasteiger partial charge in [-0.05, 0) is 35.7 Å². The van der Waals surface area contributed by atoms with Crippen LogP contribution in [-0.4, -0.2) is 22.5 Å². The summed E-state index contributed by atoms with van der Waals surface area (Å²) in [4.78, 5) is 17.6. The molecule has 4 nitrogen and oxygen atoms in total. The lowest BCUT2D eigenvalue weighted by molar-refractivity contribution is 0.206.